The molecule has 0 amide bonds. The summed E-state index contributed by atoms with van der Waals surface area (Å²) in [6.07, 6.45) is 4.91. The molecule has 1 aromatic rings. The Balaban J connectivity index is 2.70. The summed E-state index contributed by atoms with van der Waals surface area (Å²) in [5.74, 6) is 0.687. The van der Waals surface area contributed by atoms with Crippen LogP contribution in [0.5, 0.6) is 0 Å². The molecule has 1 aromatic heterocycles. The van der Waals surface area contributed by atoms with E-state index in [0.717, 1.165) is 12.2 Å². The Morgan fingerprint density at radius 2 is 2.23 bits per heavy atom. The molecule has 3 nitrogen and oxygen atoms in total. The Labute approximate surface area is 80.0 Å². The standard InChI is InChI=1S/C10H19N3/c1-4-8(2)6-13-7-12-5-10(13)9(3)11/h5,7-9H,4,6,11H2,1-3H3. The highest BCUT2D eigenvalue weighted by Gasteiger charge is 2.08. The molecule has 0 bridgehead atoms. The Bertz CT molecular complexity index is 252. The minimum Gasteiger partial charge on any atom is -0.333 e. The predicted molar refractivity (Wildman–Crippen MR) is 54.3 cm³/mol. The average molecular weight is 181 g/mol. The number of hydrogen-bond donors (Lipinski definition) is 1. The van der Waals surface area contributed by atoms with Crippen LogP contribution in [0.4, 0.5) is 0 Å². The summed E-state index contributed by atoms with van der Waals surface area (Å²) in [5.41, 5.74) is 6.94. The first-order chi connectivity index (χ1) is 6.15. The van der Waals surface area contributed by atoms with Gasteiger partial charge >= 0.3 is 0 Å². The highest BCUT2D eigenvalue weighted by atomic mass is 15.1. The van der Waals surface area contributed by atoms with Gasteiger partial charge in [-0.2, -0.15) is 0 Å². The molecule has 0 aliphatic carbocycles. The number of nitrogens with zero attached hydrogens (tertiary/aromatic N) is 2. The second-order valence-electron chi connectivity index (χ2n) is 3.77. The first-order valence-corrected chi connectivity index (χ1v) is 4.90. The molecule has 13 heavy (non-hydrogen) atoms. The van der Waals surface area contributed by atoms with E-state index in [0.29, 0.717) is 5.92 Å². The van der Waals surface area contributed by atoms with Gasteiger partial charge in [0.1, 0.15) is 0 Å². The molecular weight excluding hydrogens is 162 g/mol. The molecule has 2 unspecified atom stereocenters. The van der Waals surface area contributed by atoms with E-state index >= 15 is 0 Å². The molecule has 1 rings (SSSR count). The molecule has 2 atom stereocenters. The maximum Gasteiger partial charge on any atom is 0.0948 e. The second-order valence-corrected chi connectivity index (χ2v) is 3.77. The molecule has 0 aliphatic rings. The van der Waals surface area contributed by atoms with E-state index in [4.69, 9.17) is 5.73 Å². The minimum atomic E-state index is 0.0755. The second kappa shape index (κ2) is 4.42. The lowest BCUT2D eigenvalue weighted by atomic mass is 10.1. The van der Waals surface area contributed by atoms with Gasteiger partial charge < -0.3 is 10.3 Å². The number of aromatic nitrogens is 2. The number of imidazole rings is 1. The van der Waals surface area contributed by atoms with Gasteiger partial charge in [-0.25, -0.2) is 4.98 Å². The lowest BCUT2D eigenvalue weighted by Gasteiger charge is -2.14. The number of rotatable bonds is 4. The Morgan fingerprint density at radius 3 is 2.77 bits per heavy atom. The third-order valence-electron chi connectivity index (χ3n) is 2.42. The average Bonchev–Trinajstić information content (AvgIpc) is 2.52. The van der Waals surface area contributed by atoms with Crippen LogP contribution in [0.3, 0.4) is 0 Å². The van der Waals surface area contributed by atoms with E-state index in [1.807, 2.05) is 19.4 Å². The van der Waals surface area contributed by atoms with Crippen molar-refractivity contribution in [3.63, 3.8) is 0 Å². The summed E-state index contributed by atoms with van der Waals surface area (Å²) >= 11 is 0. The van der Waals surface area contributed by atoms with Crippen LogP contribution in [0.25, 0.3) is 0 Å². The summed E-state index contributed by atoms with van der Waals surface area (Å²) in [5, 5.41) is 0. The van der Waals surface area contributed by atoms with E-state index in [2.05, 4.69) is 23.4 Å². The summed E-state index contributed by atoms with van der Waals surface area (Å²) in [7, 11) is 0. The molecule has 0 fully saturated rings. The molecule has 0 saturated carbocycles. The zero-order valence-corrected chi connectivity index (χ0v) is 8.70. The van der Waals surface area contributed by atoms with Crippen LogP contribution in [-0.4, -0.2) is 9.55 Å². The molecule has 0 aliphatic heterocycles. The van der Waals surface area contributed by atoms with Crippen LogP contribution >= 0.6 is 0 Å². The van der Waals surface area contributed by atoms with Gasteiger partial charge in [0, 0.05) is 18.8 Å². The quantitative estimate of drug-likeness (QED) is 0.771. The third kappa shape index (κ3) is 2.56. The van der Waals surface area contributed by atoms with Crippen molar-refractivity contribution in [1.29, 1.82) is 0 Å². The largest absolute Gasteiger partial charge is 0.333 e. The third-order valence-corrected chi connectivity index (χ3v) is 2.42. The molecule has 0 saturated heterocycles. The van der Waals surface area contributed by atoms with Gasteiger partial charge in [0.25, 0.3) is 0 Å². The zero-order chi connectivity index (χ0) is 9.84. The van der Waals surface area contributed by atoms with Gasteiger partial charge in [0.05, 0.1) is 12.0 Å². The van der Waals surface area contributed by atoms with Crippen molar-refractivity contribution >= 4 is 0 Å². The molecule has 0 spiro atoms. The van der Waals surface area contributed by atoms with Crippen molar-refractivity contribution in [2.75, 3.05) is 0 Å². The van der Waals surface area contributed by atoms with Gasteiger partial charge in [-0.05, 0) is 12.8 Å². The zero-order valence-electron chi connectivity index (χ0n) is 8.70. The number of nitrogens with two attached hydrogens (primary N) is 1. The number of hydrogen-bond acceptors (Lipinski definition) is 2. The van der Waals surface area contributed by atoms with Gasteiger partial charge in [-0.1, -0.05) is 20.3 Å². The van der Waals surface area contributed by atoms with Crippen molar-refractivity contribution in [3.8, 4) is 0 Å². The first kappa shape index (κ1) is 10.3. The van der Waals surface area contributed by atoms with E-state index < -0.39 is 0 Å². The van der Waals surface area contributed by atoms with Crippen LogP contribution in [0, 0.1) is 5.92 Å². The molecule has 2 N–H and O–H groups in total. The highest BCUT2D eigenvalue weighted by molar-refractivity contribution is 5.03. The summed E-state index contributed by atoms with van der Waals surface area (Å²) in [4.78, 5) is 4.11. The van der Waals surface area contributed by atoms with Crippen LogP contribution in [0.15, 0.2) is 12.5 Å². The SMILES string of the molecule is CCC(C)Cn1cncc1C(C)N. The maximum atomic E-state index is 5.82. The minimum absolute atomic E-state index is 0.0755. The molecular formula is C10H19N3. The molecule has 74 valence electrons. The fourth-order valence-electron chi connectivity index (χ4n) is 1.33. The summed E-state index contributed by atoms with van der Waals surface area (Å²) in [6.45, 7) is 7.45. The lowest BCUT2D eigenvalue weighted by Crippen LogP contribution is -2.14. The fraction of sp³-hybridized carbons (Fsp3) is 0.700. The normalized spacial score (nSPS) is 15.7. The van der Waals surface area contributed by atoms with Crippen LogP contribution in [0.2, 0.25) is 0 Å². The van der Waals surface area contributed by atoms with Crippen molar-refractivity contribution < 1.29 is 0 Å². The van der Waals surface area contributed by atoms with E-state index in [1.54, 1.807) is 0 Å². The maximum absolute atomic E-state index is 5.82. The van der Waals surface area contributed by atoms with Gasteiger partial charge in [0.2, 0.25) is 0 Å². The van der Waals surface area contributed by atoms with E-state index in [1.165, 1.54) is 6.42 Å². The lowest BCUT2D eigenvalue weighted by molar-refractivity contribution is 0.453. The van der Waals surface area contributed by atoms with Crippen LogP contribution in [0.1, 0.15) is 38.9 Å². The fourth-order valence-corrected chi connectivity index (χ4v) is 1.33. The van der Waals surface area contributed by atoms with Gasteiger partial charge in [-0.3, -0.25) is 0 Å². The summed E-state index contributed by atoms with van der Waals surface area (Å²) < 4.78 is 2.15. The Hall–Kier alpha value is -0.830. The molecule has 0 radical (unpaired) electrons. The van der Waals surface area contributed by atoms with Crippen molar-refractivity contribution in [2.45, 2.75) is 39.8 Å². The topological polar surface area (TPSA) is 43.8 Å². The molecule has 0 aromatic carbocycles. The Kier molecular flexibility index (Phi) is 3.48. The summed E-state index contributed by atoms with van der Waals surface area (Å²) in [6, 6.07) is 0.0755. The van der Waals surface area contributed by atoms with Crippen molar-refractivity contribution in [2.24, 2.45) is 11.7 Å². The molecule has 1 heterocycles. The van der Waals surface area contributed by atoms with E-state index in [9.17, 15) is 0 Å². The van der Waals surface area contributed by atoms with E-state index in [-0.39, 0.29) is 6.04 Å². The monoisotopic (exact) mass is 181 g/mol. The molecule has 3 heteroatoms. The van der Waals surface area contributed by atoms with Crippen molar-refractivity contribution in [3.05, 3.63) is 18.2 Å². The predicted octanol–water partition coefficient (Wildman–Crippen LogP) is 1.95. The van der Waals surface area contributed by atoms with Gasteiger partial charge in [-0.15, -0.1) is 0 Å². The van der Waals surface area contributed by atoms with Gasteiger partial charge in [0.15, 0.2) is 0 Å². The van der Waals surface area contributed by atoms with Crippen LogP contribution in [-0.2, 0) is 6.54 Å². The highest BCUT2D eigenvalue weighted by Crippen LogP contribution is 2.12. The first-order valence-electron chi connectivity index (χ1n) is 4.90. The Morgan fingerprint density at radius 1 is 1.54 bits per heavy atom. The smallest absolute Gasteiger partial charge is 0.0948 e. The van der Waals surface area contributed by atoms with Crippen LogP contribution < -0.4 is 5.73 Å². The van der Waals surface area contributed by atoms with Crippen molar-refractivity contribution in [1.82, 2.24) is 9.55 Å².